The molecule has 5 nitrogen and oxygen atoms in total. The monoisotopic (exact) mass is 256 g/mol. The Morgan fingerprint density at radius 2 is 2.00 bits per heavy atom. The third kappa shape index (κ3) is 2.10. The van der Waals surface area contributed by atoms with Crippen LogP contribution < -0.4 is 9.64 Å². The second-order valence-electron chi connectivity index (χ2n) is 4.24. The van der Waals surface area contributed by atoms with Gasteiger partial charge in [0.05, 0.1) is 17.2 Å². The predicted molar refractivity (Wildman–Crippen MR) is 72.0 cm³/mol. The van der Waals surface area contributed by atoms with E-state index in [9.17, 15) is 10.1 Å². The van der Waals surface area contributed by atoms with Crippen LogP contribution in [0.1, 0.15) is 0 Å². The van der Waals surface area contributed by atoms with Crippen LogP contribution >= 0.6 is 0 Å². The fourth-order valence-electron chi connectivity index (χ4n) is 2.21. The highest BCUT2D eigenvalue weighted by Gasteiger charge is 2.20. The highest BCUT2D eigenvalue weighted by atomic mass is 16.6. The Kier molecular flexibility index (Phi) is 2.79. The first-order chi connectivity index (χ1) is 9.25. The van der Waals surface area contributed by atoms with E-state index >= 15 is 0 Å². The molecule has 5 heteroatoms. The zero-order chi connectivity index (χ0) is 13.2. The second-order valence-corrected chi connectivity index (χ2v) is 4.24. The number of nitro benzene ring substituents is 1. The van der Waals surface area contributed by atoms with Crippen LogP contribution in [0.15, 0.2) is 48.5 Å². The highest BCUT2D eigenvalue weighted by Crippen LogP contribution is 2.36. The molecule has 0 fully saturated rings. The maximum atomic E-state index is 10.8. The lowest BCUT2D eigenvalue weighted by Gasteiger charge is -2.31. The highest BCUT2D eigenvalue weighted by molar-refractivity contribution is 5.71. The van der Waals surface area contributed by atoms with E-state index in [1.807, 2.05) is 35.2 Å². The van der Waals surface area contributed by atoms with Crippen LogP contribution in [-0.2, 0) is 0 Å². The van der Waals surface area contributed by atoms with Gasteiger partial charge in [0.2, 0.25) is 0 Å². The summed E-state index contributed by atoms with van der Waals surface area (Å²) in [5.41, 5.74) is 1.85. The largest absolute Gasteiger partial charge is 0.490 e. The summed E-state index contributed by atoms with van der Waals surface area (Å²) in [6.07, 6.45) is 0. The van der Waals surface area contributed by atoms with E-state index in [2.05, 4.69) is 0 Å². The molecule has 2 aromatic carbocycles. The average Bonchev–Trinajstić information content (AvgIpc) is 2.47. The van der Waals surface area contributed by atoms with Crippen molar-refractivity contribution in [2.24, 2.45) is 0 Å². The first kappa shape index (κ1) is 11.5. The summed E-state index contributed by atoms with van der Waals surface area (Å²) in [6, 6.07) is 14.3. The number of hydrogen-bond acceptors (Lipinski definition) is 4. The molecule has 0 radical (unpaired) electrons. The summed E-state index contributed by atoms with van der Waals surface area (Å²) < 4.78 is 5.58. The first-order valence-electron chi connectivity index (χ1n) is 5.99. The molecular formula is C14H12N2O3. The minimum absolute atomic E-state index is 0.0986. The topological polar surface area (TPSA) is 55.6 Å². The first-order valence-corrected chi connectivity index (χ1v) is 5.99. The van der Waals surface area contributed by atoms with Crippen molar-refractivity contribution in [2.75, 3.05) is 18.1 Å². The van der Waals surface area contributed by atoms with Gasteiger partial charge in [0, 0.05) is 17.8 Å². The molecule has 1 heterocycles. The van der Waals surface area contributed by atoms with Gasteiger partial charge < -0.3 is 9.64 Å². The number of para-hydroxylation sites is 2. The Morgan fingerprint density at radius 1 is 1.16 bits per heavy atom. The molecule has 0 bridgehead atoms. The van der Waals surface area contributed by atoms with E-state index in [0.29, 0.717) is 13.2 Å². The number of benzene rings is 2. The molecule has 1 aliphatic heterocycles. The van der Waals surface area contributed by atoms with Gasteiger partial charge in [0.25, 0.3) is 5.69 Å². The van der Waals surface area contributed by atoms with Crippen LogP contribution in [0.3, 0.4) is 0 Å². The number of hydrogen-bond donors (Lipinski definition) is 0. The van der Waals surface area contributed by atoms with Crippen LogP contribution in [0, 0.1) is 10.1 Å². The number of rotatable bonds is 2. The predicted octanol–water partition coefficient (Wildman–Crippen LogP) is 3.13. The minimum atomic E-state index is -0.379. The lowest BCUT2D eigenvalue weighted by atomic mass is 10.2. The van der Waals surface area contributed by atoms with E-state index in [0.717, 1.165) is 17.1 Å². The molecule has 96 valence electrons. The Labute approximate surface area is 110 Å². The zero-order valence-electron chi connectivity index (χ0n) is 10.2. The van der Waals surface area contributed by atoms with Gasteiger partial charge in [-0.1, -0.05) is 18.2 Å². The van der Waals surface area contributed by atoms with E-state index in [-0.39, 0.29) is 10.6 Å². The van der Waals surface area contributed by atoms with Gasteiger partial charge in [-0.3, -0.25) is 10.1 Å². The molecule has 0 saturated carbocycles. The van der Waals surface area contributed by atoms with Crippen LogP contribution in [0.4, 0.5) is 17.1 Å². The minimum Gasteiger partial charge on any atom is -0.490 e. The van der Waals surface area contributed by atoms with Gasteiger partial charge in [-0.15, -0.1) is 0 Å². The molecule has 0 unspecified atom stereocenters. The van der Waals surface area contributed by atoms with Gasteiger partial charge in [-0.25, -0.2) is 0 Å². The summed E-state index contributed by atoms with van der Waals surface area (Å²) in [6.45, 7) is 1.25. The Morgan fingerprint density at radius 3 is 2.84 bits per heavy atom. The number of nitro groups is 1. The molecule has 0 aromatic heterocycles. The lowest BCUT2D eigenvalue weighted by molar-refractivity contribution is -0.384. The molecule has 3 rings (SSSR count). The smallest absolute Gasteiger partial charge is 0.271 e. The summed E-state index contributed by atoms with van der Waals surface area (Å²) >= 11 is 0. The van der Waals surface area contributed by atoms with Crippen LogP contribution in [0.2, 0.25) is 0 Å². The van der Waals surface area contributed by atoms with Crippen molar-refractivity contribution in [3.8, 4) is 5.75 Å². The summed E-state index contributed by atoms with van der Waals surface area (Å²) in [5, 5.41) is 10.8. The maximum Gasteiger partial charge on any atom is 0.271 e. The Balaban J connectivity index is 2.04. The van der Waals surface area contributed by atoms with Gasteiger partial charge in [0.15, 0.2) is 0 Å². The van der Waals surface area contributed by atoms with Gasteiger partial charge in [-0.2, -0.15) is 0 Å². The number of fused-ring (bicyclic) bond motifs is 1. The fourth-order valence-corrected chi connectivity index (χ4v) is 2.21. The SMILES string of the molecule is O=[N+]([O-])c1cccc(N2CCOc3ccccc32)c1. The Bertz CT molecular complexity index is 628. The molecule has 0 aliphatic carbocycles. The number of anilines is 2. The van der Waals surface area contributed by atoms with Crippen LogP contribution in [0.5, 0.6) is 5.75 Å². The fraction of sp³-hybridized carbons (Fsp3) is 0.143. The number of ether oxygens (including phenoxy) is 1. The summed E-state index contributed by atoms with van der Waals surface area (Å²) in [4.78, 5) is 12.5. The van der Waals surface area contributed by atoms with Gasteiger partial charge >= 0.3 is 0 Å². The Hall–Kier alpha value is -2.56. The number of nitrogens with zero attached hydrogens (tertiary/aromatic N) is 2. The summed E-state index contributed by atoms with van der Waals surface area (Å²) in [7, 11) is 0. The van der Waals surface area contributed by atoms with Crippen LogP contribution in [0.25, 0.3) is 0 Å². The third-order valence-corrected chi connectivity index (χ3v) is 3.08. The van der Waals surface area contributed by atoms with Crippen molar-refractivity contribution in [1.29, 1.82) is 0 Å². The second kappa shape index (κ2) is 4.61. The normalized spacial score (nSPS) is 13.6. The summed E-state index contributed by atoms with van der Waals surface area (Å²) in [5.74, 6) is 0.806. The van der Waals surface area contributed by atoms with Gasteiger partial charge in [-0.05, 0) is 18.2 Å². The van der Waals surface area contributed by atoms with Crippen molar-refractivity contribution < 1.29 is 9.66 Å². The van der Waals surface area contributed by atoms with Crippen molar-refractivity contribution in [3.05, 3.63) is 58.6 Å². The standard InChI is InChI=1S/C14H12N2O3/c17-16(18)12-5-3-4-11(10-12)15-8-9-19-14-7-2-1-6-13(14)15/h1-7,10H,8-9H2. The van der Waals surface area contributed by atoms with Crippen molar-refractivity contribution in [1.82, 2.24) is 0 Å². The van der Waals surface area contributed by atoms with E-state index < -0.39 is 0 Å². The molecular weight excluding hydrogens is 244 g/mol. The molecule has 0 amide bonds. The molecule has 1 aliphatic rings. The molecule has 0 saturated heterocycles. The quantitative estimate of drug-likeness (QED) is 0.612. The third-order valence-electron chi connectivity index (χ3n) is 3.08. The van der Waals surface area contributed by atoms with E-state index in [1.54, 1.807) is 12.1 Å². The number of non-ortho nitro benzene ring substituents is 1. The molecule has 19 heavy (non-hydrogen) atoms. The van der Waals surface area contributed by atoms with E-state index in [1.165, 1.54) is 6.07 Å². The average molecular weight is 256 g/mol. The lowest BCUT2D eigenvalue weighted by Crippen LogP contribution is -2.28. The molecule has 0 N–H and O–H groups in total. The molecule has 2 aromatic rings. The van der Waals surface area contributed by atoms with Crippen molar-refractivity contribution >= 4 is 17.1 Å². The molecule has 0 atom stereocenters. The van der Waals surface area contributed by atoms with Gasteiger partial charge in [0.1, 0.15) is 12.4 Å². The molecule has 0 spiro atoms. The van der Waals surface area contributed by atoms with E-state index in [4.69, 9.17) is 4.74 Å². The van der Waals surface area contributed by atoms with Crippen molar-refractivity contribution in [2.45, 2.75) is 0 Å². The van der Waals surface area contributed by atoms with Crippen LogP contribution in [-0.4, -0.2) is 18.1 Å². The maximum absolute atomic E-state index is 10.8. The van der Waals surface area contributed by atoms with Crippen molar-refractivity contribution in [3.63, 3.8) is 0 Å². The zero-order valence-corrected chi connectivity index (χ0v) is 10.2.